The third-order valence-corrected chi connectivity index (χ3v) is 3.42. The molecule has 0 saturated heterocycles. The molecule has 0 aromatic rings. The van der Waals surface area contributed by atoms with Gasteiger partial charge in [-0.25, -0.2) is 0 Å². The van der Waals surface area contributed by atoms with Crippen LogP contribution in [-0.4, -0.2) is 12.6 Å². The number of unbranched alkanes of at least 4 members (excludes halogenated alkanes) is 8. The highest BCUT2D eigenvalue weighted by Crippen LogP contribution is 2.08. The van der Waals surface area contributed by atoms with Crippen molar-refractivity contribution >= 4 is 5.97 Å². The molecule has 0 aromatic carbocycles. The smallest absolute Gasteiger partial charge is 0.306 e. The second kappa shape index (κ2) is 16.3. The summed E-state index contributed by atoms with van der Waals surface area (Å²) in [5.41, 5.74) is 0. The van der Waals surface area contributed by atoms with Gasteiger partial charge in [0, 0.05) is 6.42 Å². The molecule has 0 heterocycles. The quantitative estimate of drug-likeness (QED) is 0.228. The molecule has 0 aromatic heterocycles. The molecule has 0 rings (SSSR count). The van der Waals surface area contributed by atoms with Crippen molar-refractivity contribution in [3.63, 3.8) is 0 Å². The van der Waals surface area contributed by atoms with Crippen molar-refractivity contribution < 1.29 is 9.53 Å². The second-order valence-corrected chi connectivity index (χ2v) is 5.49. The highest BCUT2D eigenvalue weighted by Gasteiger charge is 1.99. The van der Waals surface area contributed by atoms with Crippen LogP contribution in [0.5, 0.6) is 0 Å². The van der Waals surface area contributed by atoms with Crippen LogP contribution in [-0.2, 0) is 9.53 Å². The predicted octanol–water partition coefficient (Wildman–Crippen LogP) is 5.81. The predicted molar refractivity (Wildman–Crippen MR) is 86.9 cm³/mol. The Balaban J connectivity index is 3.21. The lowest BCUT2D eigenvalue weighted by atomic mass is 10.1. The van der Waals surface area contributed by atoms with Gasteiger partial charge in [0.25, 0.3) is 0 Å². The normalized spacial score (nSPS) is 11.1. The molecule has 2 nitrogen and oxygen atoms in total. The topological polar surface area (TPSA) is 26.3 Å². The molecule has 0 N–H and O–H groups in total. The Morgan fingerprint density at radius 1 is 0.800 bits per heavy atom. The molecular weight excluding hydrogens is 248 g/mol. The third kappa shape index (κ3) is 15.3. The fourth-order valence-corrected chi connectivity index (χ4v) is 2.06. The second-order valence-electron chi connectivity index (χ2n) is 5.49. The van der Waals surface area contributed by atoms with Gasteiger partial charge in [-0.2, -0.15) is 0 Å². The minimum atomic E-state index is -0.0565. The Morgan fingerprint density at radius 3 is 2.10 bits per heavy atom. The molecule has 0 amide bonds. The molecule has 0 fully saturated rings. The monoisotopic (exact) mass is 282 g/mol. The van der Waals surface area contributed by atoms with Crippen LogP contribution in [0.25, 0.3) is 0 Å². The van der Waals surface area contributed by atoms with Crippen LogP contribution in [0.1, 0.15) is 90.9 Å². The molecule has 0 spiro atoms. The van der Waals surface area contributed by atoms with Gasteiger partial charge < -0.3 is 4.74 Å². The summed E-state index contributed by atoms with van der Waals surface area (Å²) in [7, 11) is 0. The Labute approximate surface area is 126 Å². The van der Waals surface area contributed by atoms with Crippen molar-refractivity contribution in [2.75, 3.05) is 6.61 Å². The first kappa shape index (κ1) is 19.2. The molecule has 0 aliphatic rings. The number of carbonyl (C=O) groups is 1. The van der Waals surface area contributed by atoms with Crippen molar-refractivity contribution in [3.8, 4) is 0 Å². The van der Waals surface area contributed by atoms with Crippen LogP contribution in [0, 0.1) is 0 Å². The molecule has 0 unspecified atom stereocenters. The van der Waals surface area contributed by atoms with Crippen LogP contribution in [0.15, 0.2) is 12.2 Å². The van der Waals surface area contributed by atoms with Gasteiger partial charge in [0.15, 0.2) is 0 Å². The minimum absolute atomic E-state index is 0.0565. The van der Waals surface area contributed by atoms with E-state index in [-0.39, 0.29) is 5.97 Å². The van der Waals surface area contributed by atoms with Gasteiger partial charge in [-0.15, -0.1) is 0 Å². The van der Waals surface area contributed by atoms with Gasteiger partial charge in [0.1, 0.15) is 0 Å². The van der Waals surface area contributed by atoms with E-state index in [1.165, 1.54) is 44.9 Å². The highest BCUT2D eigenvalue weighted by atomic mass is 16.5. The largest absolute Gasteiger partial charge is 0.466 e. The Bertz CT molecular complexity index is 234. The first-order valence-corrected chi connectivity index (χ1v) is 8.61. The first-order valence-electron chi connectivity index (χ1n) is 8.61. The van der Waals surface area contributed by atoms with Crippen LogP contribution in [0.4, 0.5) is 0 Å². The summed E-state index contributed by atoms with van der Waals surface area (Å²) in [6.45, 7) is 4.93. The summed E-state index contributed by atoms with van der Waals surface area (Å²) in [5, 5.41) is 0. The van der Waals surface area contributed by atoms with E-state index in [0.29, 0.717) is 13.0 Å². The van der Waals surface area contributed by atoms with E-state index >= 15 is 0 Å². The van der Waals surface area contributed by atoms with Gasteiger partial charge in [0.2, 0.25) is 0 Å². The molecular formula is C18H34O2. The van der Waals surface area contributed by atoms with E-state index in [4.69, 9.17) is 4.74 Å². The van der Waals surface area contributed by atoms with Crippen LogP contribution < -0.4 is 0 Å². The zero-order valence-electron chi connectivity index (χ0n) is 13.7. The number of allylic oxidation sites excluding steroid dienone is 2. The molecule has 0 saturated carbocycles. The third-order valence-electron chi connectivity index (χ3n) is 3.42. The molecule has 0 atom stereocenters. The maximum absolute atomic E-state index is 11.3. The lowest BCUT2D eigenvalue weighted by molar-refractivity contribution is -0.143. The fourth-order valence-electron chi connectivity index (χ4n) is 2.06. The summed E-state index contributed by atoms with van der Waals surface area (Å²) < 4.78 is 5.10. The molecule has 118 valence electrons. The molecule has 0 radical (unpaired) electrons. The average Bonchev–Trinajstić information content (AvgIpc) is 2.45. The minimum Gasteiger partial charge on any atom is -0.466 e. The Kier molecular flexibility index (Phi) is 15.6. The molecule has 2 heteroatoms. The summed E-state index contributed by atoms with van der Waals surface area (Å²) >= 11 is 0. The van der Waals surface area contributed by atoms with Crippen molar-refractivity contribution in [2.24, 2.45) is 0 Å². The maximum atomic E-state index is 11.3. The molecule has 20 heavy (non-hydrogen) atoms. The van der Waals surface area contributed by atoms with Crippen LogP contribution in [0.3, 0.4) is 0 Å². The van der Waals surface area contributed by atoms with Crippen LogP contribution in [0.2, 0.25) is 0 Å². The highest BCUT2D eigenvalue weighted by molar-refractivity contribution is 5.69. The number of hydrogen-bond acceptors (Lipinski definition) is 2. The number of esters is 1. The van der Waals surface area contributed by atoms with Gasteiger partial charge in [-0.05, 0) is 25.7 Å². The zero-order valence-corrected chi connectivity index (χ0v) is 13.7. The molecule has 0 aliphatic carbocycles. The average molecular weight is 282 g/mol. The van der Waals surface area contributed by atoms with E-state index in [1.54, 1.807) is 0 Å². The SMILES string of the molecule is CCCCCCCCCC=CCCC(=O)OCCCC. The number of rotatable bonds is 14. The van der Waals surface area contributed by atoms with E-state index in [1.807, 2.05) is 0 Å². The first-order chi connectivity index (χ1) is 9.81. The summed E-state index contributed by atoms with van der Waals surface area (Å²) in [6, 6.07) is 0. The van der Waals surface area contributed by atoms with Crippen LogP contribution >= 0.6 is 0 Å². The van der Waals surface area contributed by atoms with Crippen molar-refractivity contribution in [1.82, 2.24) is 0 Å². The Hall–Kier alpha value is -0.790. The van der Waals surface area contributed by atoms with E-state index in [0.717, 1.165) is 25.7 Å². The van der Waals surface area contributed by atoms with Gasteiger partial charge in [-0.3, -0.25) is 4.79 Å². The van der Waals surface area contributed by atoms with E-state index in [9.17, 15) is 4.79 Å². The van der Waals surface area contributed by atoms with Crippen molar-refractivity contribution in [3.05, 3.63) is 12.2 Å². The maximum Gasteiger partial charge on any atom is 0.306 e. The summed E-state index contributed by atoms with van der Waals surface area (Å²) in [4.78, 5) is 11.3. The van der Waals surface area contributed by atoms with E-state index in [2.05, 4.69) is 26.0 Å². The van der Waals surface area contributed by atoms with E-state index < -0.39 is 0 Å². The lowest BCUT2D eigenvalue weighted by Crippen LogP contribution is -2.04. The van der Waals surface area contributed by atoms with Crippen molar-refractivity contribution in [2.45, 2.75) is 90.9 Å². The number of hydrogen-bond donors (Lipinski definition) is 0. The summed E-state index contributed by atoms with van der Waals surface area (Å²) in [6.07, 6.45) is 18.4. The van der Waals surface area contributed by atoms with Gasteiger partial charge >= 0.3 is 5.97 Å². The summed E-state index contributed by atoms with van der Waals surface area (Å²) in [5.74, 6) is -0.0565. The molecule has 0 bridgehead atoms. The zero-order chi connectivity index (χ0) is 14.9. The number of ether oxygens (including phenoxy) is 1. The number of carbonyl (C=O) groups excluding carboxylic acids is 1. The standard InChI is InChI=1S/C18H34O2/c1-3-5-7-8-9-10-11-12-13-14-15-16-18(19)20-17-6-4-2/h13-14H,3-12,15-17H2,1-2H3. The van der Waals surface area contributed by atoms with Gasteiger partial charge in [-0.1, -0.05) is 70.9 Å². The van der Waals surface area contributed by atoms with Crippen molar-refractivity contribution in [1.29, 1.82) is 0 Å². The molecule has 0 aliphatic heterocycles. The van der Waals surface area contributed by atoms with Gasteiger partial charge in [0.05, 0.1) is 6.61 Å². The lowest BCUT2D eigenvalue weighted by Gasteiger charge is -2.01. The Morgan fingerprint density at radius 2 is 1.40 bits per heavy atom. The fraction of sp³-hybridized carbons (Fsp3) is 0.833.